The van der Waals surface area contributed by atoms with Gasteiger partial charge in [0.05, 0.1) is 11.8 Å². The first-order chi connectivity index (χ1) is 13.5. The summed E-state index contributed by atoms with van der Waals surface area (Å²) in [5.41, 5.74) is 1.81. The molecule has 1 atom stereocenters. The van der Waals surface area contributed by atoms with E-state index in [-0.39, 0.29) is 30.3 Å². The SMILES string of the molecule is CCNC(=O)N(C)CC(=O)N1N=C(c2ccccc2F)CC1c1ccccc1. The number of hydrogen-bond donors (Lipinski definition) is 1. The third-order valence-corrected chi connectivity index (χ3v) is 4.58. The molecule has 0 spiro atoms. The molecule has 1 aliphatic heterocycles. The predicted octanol–water partition coefficient (Wildman–Crippen LogP) is 3.16. The fourth-order valence-electron chi connectivity index (χ4n) is 3.17. The van der Waals surface area contributed by atoms with Crippen molar-refractivity contribution in [3.8, 4) is 0 Å². The lowest BCUT2D eigenvalue weighted by atomic mass is 9.98. The minimum Gasteiger partial charge on any atom is -0.338 e. The highest BCUT2D eigenvalue weighted by Crippen LogP contribution is 2.33. The summed E-state index contributed by atoms with van der Waals surface area (Å²) in [5, 5.41) is 8.46. The van der Waals surface area contributed by atoms with Gasteiger partial charge in [-0.2, -0.15) is 5.10 Å². The van der Waals surface area contributed by atoms with E-state index in [1.54, 1.807) is 25.2 Å². The molecule has 1 aliphatic rings. The summed E-state index contributed by atoms with van der Waals surface area (Å²) >= 11 is 0. The van der Waals surface area contributed by atoms with Crippen LogP contribution in [0.15, 0.2) is 59.7 Å². The lowest BCUT2D eigenvalue weighted by Gasteiger charge is -2.25. The summed E-state index contributed by atoms with van der Waals surface area (Å²) in [6.45, 7) is 2.16. The quantitative estimate of drug-likeness (QED) is 0.863. The molecule has 1 N–H and O–H groups in total. The number of nitrogens with one attached hydrogen (secondary N) is 1. The number of urea groups is 1. The number of carbonyl (C=O) groups excluding carboxylic acids is 2. The second kappa shape index (κ2) is 8.65. The number of likely N-dealkylation sites (N-methyl/N-ethyl adjacent to an activating group) is 1. The van der Waals surface area contributed by atoms with Crippen LogP contribution in [0.4, 0.5) is 9.18 Å². The molecule has 0 fully saturated rings. The number of carbonyl (C=O) groups is 2. The van der Waals surface area contributed by atoms with Gasteiger partial charge in [0.1, 0.15) is 12.4 Å². The minimum absolute atomic E-state index is 0.122. The van der Waals surface area contributed by atoms with Gasteiger partial charge in [-0.1, -0.05) is 48.5 Å². The van der Waals surface area contributed by atoms with Gasteiger partial charge in [0.2, 0.25) is 0 Å². The Morgan fingerprint density at radius 3 is 2.54 bits per heavy atom. The molecule has 28 heavy (non-hydrogen) atoms. The van der Waals surface area contributed by atoms with E-state index in [1.807, 2.05) is 37.3 Å². The van der Waals surface area contributed by atoms with Crippen LogP contribution in [0.3, 0.4) is 0 Å². The Labute approximate surface area is 163 Å². The number of hydrazone groups is 1. The van der Waals surface area contributed by atoms with Crippen LogP contribution in [-0.2, 0) is 4.79 Å². The molecule has 7 heteroatoms. The highest BCUT2D eigenvalue weighted by atomic mass is 19.1. The summed E-state index contributed by atoms with van der Waals surface area (Å²) in [5.74, 6) is -0.698. The second-order valence-corrected chi connectivity index (χ2v) is 6.59. The predicted molar refractivity (Wildman–Crippen MR) is 105 cm³/mol. The van der Waals surface area contributed by atoms with E-state index in [2.05, 4.69) is 10.4 Å². The molecule has 0 saturated heterocycles. The van der Waals surface area contributed by atoms with E-state index in [0.717, 1.165) is 5.56 Å². The van der Waals surface area contributed by atoms with Crippen molar-refractivity contribution in [3.05, 3.63) is 71.5 Å². The molecule has 3 rings (SSSR count). The van der Waals surface area contributed by atoms with Crippen molar-refractivity contribution in [1.29, 1.82) is 0 Å². The molecule has 0 bridgehead atoms. The van der Waals surface area contributed by atoms with Crippen LogP contribution < -0.4 is 5.32 Å². The summed E-state index contributed by atoms with van der Waals surface area (Å²) in [4.78, 5) is 26.2. The zero-order valence-corrected chi connectivity index (χ0v) is 15.9. The van der Waals surface area contributed by atoms with Crippen molar-refractivity contribution in [3.63, 3.8) is 0 Å². The van der Waals surface area contributed by atoms with Crippen molar-refractivity contribution in [2.24, 2.45) is 5.10 Å². The summed E-state index contributed by atoms with van der Waals surface area (Å²) in [7, 11) is 1.55. The maximum Gasteiger partial charge on any atom is 0.317 e. The lowest BCUT2D eigenvalue weighted by molar-refractivity contribution is -0.133. The van der Waals surface area contributed by atoms with E-state index in [0.29, 0.717) is 24.2 Å². The standard InChI is InChI=1S/C21H23FN4O2/c1-3-23-21(28)25(2)14-20(27)26-19(15-9-5-4-6-10-15)13-18(24-26)16-11-7-8-12-17(16)22/h4-12,19H,3,13-14H2,1-2H3,(H,23,28). The van der Waals surface area contributed by atoms with Crippen LogP contribution in [0, 0.1) is 5.82 Å². The Morgan fingerprint density at radius 2 is 1.86 bits per heavy atom. The number of halogens is 1. The molecule has 0 aromatic heterocycles. The molecular formula is C21H23FN4O2. The zero-order chi connectivity index (χ0) is 20.1. The first-order valence-corrected chi connectivity index (χ1v) is 9.19. The molecule has 0 aliphatic carbocycles. The smallest absolute Gasteiger partial charge is 0.317 e. The Kier molecular flexibility index (Phi) is 6.03. The van der Waals surface area contributed by atoms with E-state index in [4.69, 9.17) is 0 Å². The molecule has 1 heterocycles. The van der Waals surface area contributed by atoms with Gasteiger partial charge in [-0.3, -0.25) is 4.79 Å². The van der Waals surface area contributed by atoms with Crippen LogP contribution in [0.2, 0.25) is 0 Å². The van der Waals surface area contributed by atoms with Gasteiger partial charge in [-0.05, 0) is 18.6 Å². The van der Waals surface area contributed by atoms with Crippen LogP contribution in [0.5, 0.6) is 0 Å². The summed E-state index contributed by atoms with van der Waals surface area (Å²) in [6.07, 6.45) is 0.404. The summed E-state index contributed by atoms with van der Waals surface area (Å²) in [6, 6.07) is 15.2. The first-order valence-electron chi connectivity index (χ1n) is 9.19. The number of amides is 3. The molecule has 0 radical (unpaired) electrons. The third kappa shape index (κ3) is 4.19. The molecule has 2 aromatic carbocycles. The molecule has 3 amide bonds. The molecular weight excluding hydrogens is 359 g/mol. The van der Waals surface area contributed by atoms with Gasteiger partial charge in [0, 0.05) is 25.6 Å². The van der Waals surface area contributed by atoms with Crippen molar-refractivity contribution in [2.75, 3.05) is 20.1 Å². The molecule has 1 unspecified atom stereocenters. The fourth-order valence-corrected chi connectivity index (χ4v) is 3.17. The monoisotopic (exact) mass is 382 g/mol. The van der Waals surface area contributed by atoms with Crippen LogP contribution in [-0.4, -0.2) is 47.7 Å². The molecule has 2 aromatic rings. The van der Waals surface area contributed by atoms with E-state index in [1.165, 1.54) is 16.0 Å². The molecule has 146 valence electrons. The Hall–Kier alpha value is -3.22. The second-order valence-electron chi connectivity index (χ2n) is 6.59. The Morgan fingerprint density at radius 1 is 1.18 bits per heavy atom. The first kappa shape index (κ1) is 19.5. The normalized spacial score (nSPS) is 15.9. The maximum atomic E-state index is 14.3. The topological polar surface area (TPSA) is 65.0 Å². The minimum atomic E-state index is -0.373. The number of rotatable bonds is 5. The average molecular weight is 382 g/mol. The van der Waals surface area contributed by atoms with Gasteiger partial charge in [0.15, 0.2) is 0 Å². The largest absolute Gasteiger partial charge is 0.338 e. The highest BCUT2D eigenvalue weighted by Gasteiger charge is 2.34. The number of benzene rings is 2. The highest BCUT2D eigenvalue weighted by molar-refractivity contribution is 6.03. The van der Waals surface area contributed by atoms with Crippen LogP contribution >= 0.6 is 0 Å². The average Bonchev–Trinajstić information content (AvgIpc) is 3.14. The number of hydrogen-bond acceptors (Lipinski definition) is 3. The van der Waals surface area contributed by atoms with Crippen molar-refractivity contribution >= 4 is 17.6 Å². The van der Waals surface area contributed by atoms with Crippen molar-refractivity contribution < 1.29 is 14.0 Å². The van der Waals surface area contributed by atoms with Crippen molar-refractivity contribution in [2.45, 2.75) is 19.4 Å². The van der Waals surface area contributed by atoms with Crippen LogP contribution in [0.1, 0.15) is 30.5 Å². The Bertz CT molecular complexity index is 885. The van der Waals surface area contributed by atoms with Gasteiger partial charge in [0.25, 0.3) is 5.91 Å². The van der Waals surface area contributed by atoms with Gasteiger partial charge < -0.3 is 10.2 Å². The number of nitrogens with zero attached hydrogens (tertiary/aromatic N) is 3. The lowest BCUT2D eigenvalue weighted by Crippen LogP contribution is -2.43. The van der Waals surface area contributed by atoms with E-state index >= 15 is 0 Å². The van der Waals surface area contributed by atoms with E-state index < -0.39 is 0 Å². The van der Waals surface area contributed by atoms with Gasteiger partial charge in [-0.25, -0.2) is 14.2 Å². The third-order valence-electron chi connectivity index (χ3n) is 4.58. The van der Waals surface area contributed by atoms with Gasteiger partial charge in [-0.15, -0.1) is 0 Å². The van der Waals surface area contributed by atoms with Crippen molar-refractivity contribution in [1.82, 2.24) is 15.2 Å². The fraction of sp³-hybridized carbons (Fsp3) is 0.286. The molecule has 6 nitrogen and oxygen atoms in total. The van der Waals surface area contributed by atoms with Crippen LogP contribution in [0.25, 0.3) is 0 Å². The zero-order valence-electron chi connectivity index (χ0n) is 15.9. The van der Waals surface area contributed by atoms with Gasteiger partial charge >= 0.3 is 6.03 Å². The maximum absolute atomic E-state index is 14.3. The van der Waals surface area contributed by atoms with E-state index in [9.17, 15) is 14.0 Å². The Balaban J connectivity index is 1.88. The molecule has 0 saturated carbocycles. The summed E-state index contributed by atoms with van der Waals surface area (Å²) < 4.78 is 14.3.